The minimum atomic E-state index is 0. The molecule has 3 fully saturated rings. The number of nitrogens with one attached hydrogen (secondary N) is 2. The van der Waals surface area contributed by atoms with Gasteiger partial charge in [0.25, 0.3) is 0 Å². The lowest BCUT2D eigenvalue weighted by molar-refractivity contribution is -0.0352. The summed E-state index contributed by atoms with van der Waals surface area (Å²) in [6.07, 6.45) is 9.31. The topological polar surface area (TPSA) is 52.1 Å². The second-order valence-electron chi connectivity index (χ2n) is 8.46. The Bertz CT molecular complexity index is 450. The number of nitrogens with zero attached hydrogens (tertiary/aromatic N) is 3. The second-order valence-corrected chi connectivity index (χ2v) is 8.46. The van der Waals surface area contributed by atoms with Crippen molar-refractivity contribution >= 4 is 29.9 Å². The Hall–Kier alpha value is -0.120. The highest BCUT2D eigenvalue weighted by atomic mass is 127. The quantitative estimate of drug-likeness (QED) is 0.349. The fraction of sp³-hybridized carbons (Fsp3) is 0.950. The number of guanidine groups is 1. The van der Waals surface area contributed by atoms with Crippen LogP contribution < -0.4 is 10.6 Å². The monoisotopic (exact) mass is 493 g/mol. The smallest absolute Gasteiger partial charge is 0.191 e. The normalized spacial score (nSPS) is 27.6. The van der Waals surface area contributed by atoms with Gasteiger partial charge in [0.2, 0.25) is 0 Å². The van der Waals surface area contributed by atoms with E-state index in [0.29, 0.717) is 0 Å². The molecule has 0 spiro atoms. The van der Waals surface area contributed by atoms with Gasteiger partial charge in [-0.3, -0.25) is 9.89 Å². The zero-order valence-electron chi connectivity index (χ0n) is 17.3. The number of aliphatic imine (C=N–C) groups is 1. The zero-order chi connectivity index (χ0) is 18.2. The molecule has 0 radical (unpaired) electrons. The molecular formula is C20H40IN5O. The number of hydrogen-bond donors (Lipinski definition) is 2. The highest BCUT2D eigenvalue weighted by Crippen LogP contribution is 2.33. The van der Waals surface area contributed by atoms with Crippen LogP contribution in [0.15, 0.2) is 4.99 Å². The van der Waals surface area contributed by atoms with E-state index < -0.39 is 0 Å². The summed E-state index contributed by atoms with van der Waals surface area (Å²) >= 11 is 0. The molecule has 1 unspecified atom stereocenters. The molecule has 6 nitrogen and oxygen atoms in total. The molecule has 0 aromatic carbocycles. The maximum Gasteiger partial charge on any atom is 0.191 e. The van der Waals surface area contributed by atoms with Crippen LogP contribution in [0.5, 0.6) is 0 Å². The maximum atomic E-state index is 5.59. The van der Waals surface area contributed by atoms with Crippen molar-refractivity contribution in [2.24, 2.45) is 10.9 Å². The van der Waals surface area contributed by atoms with Crippen LogP contribution in [-0.4, -0.2) is 87.9 Å². The van der Waals surface area contributed by atoms with Gasteiger partial charge in [0.1, 0.15) is 0 Å². The Kier molecular flexibility index (Phi) is 10.1. The Morgan fingerprint density at radius 3 is 2.48 bits per heavy atom. The van der Waals surface area contributed by atoms with Crippen LogP contribution >= 0.6 is 24.0 Å². The van der Waals surface area contributed by atoms with Gasteiger partial charge in [-0.15, -0.1) is 24.0 Å². The van der Waals surface area contributed by atoms with Crippen molar-refractivity contribution in [2.45, 2.75) is 50.5 Å². The molecule has 0 amide bonds. The molecule has 2 N–H and O–H groups in total. The lowest BCUT2D eigenvalue weighted by Gasteiger charge is -2.48. The van der Waals surface area contributed by atoms with Gasteiger partial charge >= 0.3 is 0 Å². The minimum absolute atomic E-state index is 0. The zero-order valence-corrected chi connectivity index (χ0v) is 19.7. The SMILES string of the molecule is CN=C(NCC1CCCN(C)C1)NCC1(N2CCOCC2)CCCCC1.I. The molecule has 0 aromatic rings. The van der Waals surface area contributed by atoms with Gasteiger partial charge in [-0.25, -0.2) is 0 Å². The van der Waals surface area contributed by atoms with Crippen molar-refractivity contribution < 1.29 is 4.74 Å². The van der Waals surface area contributed by atoms with Crippen LogP contribution in [0.1, 0.15) is 44.9 Å². The molecule has 1 saturated carbocycles. The summed E-state index contributed by atoms with van der Waals surface area (Å²) in [4.78, 5) is 9.62. The molecule has 2 saturated heterocycles. The molecule has 1 atom stereocenters. The first-order valence-electron chi connectivity index (χ1n) is 10.7. The molecule has 2 heterocycles. The Balaban J connectivity index is 0.00000261. The van der Waals surface area contributed by atoms with E-state index in [1.54, 1.807) is 0 Å². The molecule has 0 aromatic heterocycles. The van der Waals surface area contributed by atoms with Crippen molar-refractivity contribution in [3.8, 4) is 0 Å². The number of hydrogen-bond acceptors (Lipinski definition) is 4. The van der Waals surface area contributed by atoms with E-state index >= 15 is 0 Å². The van der Waals surface area contributed by atoms with Crippen LogP contribution in [0, 0.1) is 5.92 Å². The van der Waals surface area contributed by atoms with E-state index in [1.807, 2.05) is 7.05 Å². The predicted molar refractivity (Wildman–Crippen MR) is 123 cm³/mol. The lowest BCUT2D eigenvalue weighted by atomic mass is 9.80. The molecule has 3 rings (SSSR count). The molecule has 0 bridgehead atoms. The van der Waals surface area contributed by atoms with Crippen molar-refractivity contribution in [3.05, 3.63) is 0 Å². The third-order valence-electron chi connectivity index (χ3n) is 6.55. The molecule has 3 aliphatic rings. The van der Waals surface area contributed by atoms with Crippen LogP contribution in [-0.2, 0) is 4.74 Å². The van der Waals surface area contributed by atoms with Gasteiger partial charge < -0.3 is 20.3 Å². The van der Waals surface area contributed by atoms with E-state index in [4.69, 9.17) is 4.74 Å². The van der Waals surface area contributed by atoms with Crippen LogP contribution in [0.3, 0.4) is 0 Å². The van der Waals surface area contributed by atoms with Crippen molar-refractivity contribution in [2.75, 3.05) is 66.6 Å². The van der Waals surface area contributed by atoms with E-state index in [2.05, 4.69) is 32.5 Å². The van der Waals surface area contributed by atoms with E-state index in [9.17, 15) is 0 Å². The summed E-state index contributed by atoms with van der Waals surface area (Å²) in [5, 5.41) is 7.26. The van der Waals surface area contributed by atoms with Crippen molar-refractivity contribution in [1.29, 1.82) is 0 Å². The van der Waals surface area contributed by atoms with Gasteiger partial charge in [-0.2, -0.15) is 0 Å². The lowest BCUT2D eigenvalue weighted by Crippen LogP contribution is -2.60. The Morgan fingerprint density at radius 1 is 1.07 bits per heavy atom. The highest BCUT2D eigenvalue weighted by Gasteiger charge is 2.38. The van der Waals surface area contributed by atoms with Crippen molar-refractivity contribution in [1.82, 2.24) is 20.4 Å². The highest BCUT2D eigenvalue weighted by molar-refractivity contribution is 14.0. The third-order valence-corrected chi connectivity index (χ3v) is 6.55. The summed E-state index contributed by atoms with van der Waals surface area (Å²) in [6, 6.07) is 0. The van der Waals surface area contributed by atoms with Gasteiger partial charge in [-0.1, -0.05) is 19.3 Å². The Labute approximate surface area is 182 Å². The second kappa shape index (κ2) is 11.8. The number of halogens is 1. The van der Waals surface area contributed by atoms with Gasteiger partial charge in [0.05, 0.1) is 13.2 Å². The number of piperidine rings is 1. The van der Waals surface area contributed by atoms with Gasteiger partial charge in [0, 0.05) is 45.3 Å². The van der Waals surface area contributed by atoms with Gasteiger partial charge in [0.15, 0.2) is 5.96 Å². The summed E-state index contributed by atoms with van der Waals surface area (Å²) in [5.41, 5.74) is 0.282. The summed E-state index contributed by atoms with van der Waals surface area (Å²) in [5.74, 6) is 1.70. The molecule has 1 aliphatic carbocycles. The van der Waals surface area contributed by atoms with E-state index in [1.165, 1.54) is 58.0 Å². The average Bonchev–Trinajstić information content (AvgIpc) is 2.69. The van der Waals surface area contributed by atoms with Crippen LogP contribution in [0.2, 0.25) is 0 Å². The molecule has 7 heteroatoms. The van der Waals surface area contributed by atoms with Gasteiger partial charge in [-0.05, 0) is 45.2 Å². The third kappa shape index (κ3) is 6.72. The van der Waals surface area contributed by atoms with E-state index in [0.717, 1.165) is 51.3 Å². The summed E-state index contributed by atoms with van der Waals surface area (Å²) in [7, 11) is 4.12. The first-order chi connectivity index (χ1) is 12.7. The Morgan fingerprint density at radius 2 is 1.81 bits per heavy atom. The van der Waals surface area contributed by atoms with E-state index in [-0.39, 0.29) is 29.5 Å². The molecule has 27 heavy (non-hydrogen) atoms. The first-order valence-corrected chi connectivity index (χ1v) is 10.7. The molecule has 2 aliphatic heterocycles. The summed E-state index contributed by atoms with van der Waals surface area (Å²) < 4.78 is 5.59. The molecule has 158 valence electrons. The predicted octanol–water partition coefficient (Wildman–Crippen LogP) is 2.15. The fourth-order valence-electron chi connectivity index (χ4n) is 5.00. The average molecular weight is 493 g/mol. The number of rotatable bonds is 5. The maximum absolute atomic E-state index is 5.59. The standard InChI is InChI=1S/C20H39N5O.HI/c1-21-19(22-15-18-7-6-10-24(2)16-18)23-17-20(8-4-3-5-9-20)25-11-13-26-14-12-25;/h18H,3-17H2,1-2H3,(H2,21,22,23);1H. The number of ether oxygens (including phenoxy) is 1. The molecular weight excluding hydrogens is 453 g/mol. The van der Waals surface area contributed by atoms with Crippen molar-refractivity contribution in [3.63, 3.8) is 0 Å². The largest absolute Gasteiger partial charge is 0.379 e. The number of morpholine rings is 1. The summed E-state index contributed by atoms with van der Waals surface area (Å²) in [6.45, 7) is 8.36. The first kappa shape index (κ1) is 23.2. The fourth-order valence-corrected chi connectivity index (χ4v) is 5.00. The van der Waals surface area contributed by atoms with Crippen LogP contribution in [0.4, 0.5) is 0 Å². The van der Waals surface area contributed by atoms with Crippen LogP contribution in [0.25, 0.3) is 0 Å². The minimum Gasteiger partial charge on any atom is -0.379 e. The number of likely N-dealkylation sites (tertiary alicyclic amines) is 1.